The van der Waals surface area contributed by atoms with E-state index in [1.165, 1.54) is 32.1 Å². The van der Waals surface area contributed by atoms with Crippen molar-refractivity contribution < 1.29 is 28.6 Å². The van der Waals surface area contributed by atoms with E-state index in [4.69, 9.17) is 14.2 Å². The SMILES string of the molecule is CN1CCN(C(=O)c2cc3cc(Nc4nccc(-c5cc(OC6CCC6)ccn5)n4)ccc3[nH]2)CC1.CN1CCN(C(=O)c2cc3cc(Nc4nccc(-c5cc(OCC6CC6)ccn5)n4)ccc3[nH]2)CC1.CN1CCN(C(=O)c2cc3cc(Nc4nccc(-c5cc(OCCC6CC6)ccn5)n4)ccc3[nH]2)CC1. The molecule has 0 spiro atoms. The highest BCUT2D eigenvalue weighted by atomic mass is 16.5. The zero-order valence-corrected chi connectivity index (χ0v) is 61.5. The maximum atomic E-state index is 13.0. The highest BCUT2D eigenvalue weighted by Gasteiger charge is 2.28. The lowest BCUT2D eigenvalue weighted by molar-refractivity contribution is 0.0652. The molecule has 9 aromatic heterocycles. The van der Waals surface area contributed by atoms with Crippen LogP contribution in [0.15, 0.2) is 165 Å². The highest BCUT2D eigenvalue weighted by molar-refractivity contribution is 6.01. The Hall–Kier alpha value is -11.9. The van der Waals surface area contributed by atoms with Crippen LogP contribution in [0.2, 0.25) is 0 Å². The number of likely N-dealkylation sites (N-methyl/N-ethyl adjacent to an activating group) is 3. The first kappa shape index (κ1) is 71.3. The number of benzene rings is 3. The van der Waals surface area contributed by atoms with Crippen LogP contribution in [0.3, 0.4) is 0 Å². The van der Waals surface area contributed by atoms with Gasteiger partial charge in [0.15, 0.2) is 0 Å². The molecular formula is C82H89N21O6. The Labute approximate surface area is 631 Å². The van der Waals surface area contributed by atoms with Crippen molar-refractivity contribution >= 4 is 85.3 Å². The molecule has 3 aliphatic heterocycles. The normalized spacial score (nSPS) is 16.4. The summed E-state index contributed by atoms with van der Waals surface area (Å²) in [5, 5.41) is 12.7. The number of fused-ring (bicyclic) bond motifs is 3. The molecule has 0 unspecified atom stereocenters. The second-order valence-corrected chi connectivity index (χ2v) is 29.0. The number of piperazine rings is 3. The second kappa shape index (κ2) is 32.6. The van der Waals surface area contributed by atoms with Gasteiger partial charge in [-0.05, 0) is 181 Å². The van der Waals surface area contributed by atoms with Crippen LogP contribution in [0.4, 0.5) is 34.9 Å². The number of nitrogens with zero attached hydrogens (tertiary/aromatic N) is 15. The topological polar surface area (TPSA) is 298 Å². The van der Waals surface area contributed by atoms with Gasteiger partial charge >= 0.3 is 0 Å². The molecule has 12 aromatic rings. The van der Waals surface area contributed by atoms with Crippen molar-refractivity contribution in [3.05, 3.63) is 182 Å². The monoisotopic (exact) mass is 1460 g/mol. The van der Waals surface area contributed by atoms with Crippen LogP contribution >= 0.6 is 0 Å². The van der Waals surface area contributed by atoms with Crippen molar-refractivity contribution in [2.24, 2.45) is 11.8 Å². The number of pyridine rings is 3. The van der Waals surface area contributed by atoms with Crippen LogP contribution in [-0.4, -0.2) is 226 Å². The summed E-state index contributed by atoms with van der Waals surface area (Å²) in [6.07, 6.45) is 20.4. The summed E-state index contributed by atoms with van der Waals surface area (Å²) >= 11 is 0. The molecule has 27 heteroatoms. The van der Waals surface area contributed by atoms with Crippen molar-refractivity contribution in [3.8, 4) is 51.4 Å². The fourth-order valence-electron chi connectivity index (χ4n) is 13.4. The van der Waals surface area contributed by atoms with Gasteiger partial charge in [0.25, 0.3) is 17.7 Å². The molecule has 0 radical (unpaired) electrons. The predicted octanol–water partition coefficient (Wildman–Crippen LogP) is 12.4. The van der Waals surface area contributed by atoms with E-state index in [9.17, 15) is 14.4 Å². The Morgan fingerprint density at radius 1 is 0.385 bits per heavy atom. The van der Waals surface area contributed by atoms with E-state index in [2.05, 4.69) is 112 Å². The molecule has 3 aliphatic carbocycles. The molecule has 109 heavy (non-hydrogen) atoms. The first-order valence-electron chi connectivity index (χ1n) is 37.8. The Morgan fingerprint density at radius 3 is 1.11 bits per heavy atom. The van der Waals surface area contributed by atoms with Gasteiger partial charge in [-0.25, -0.2) is 29.9 Å². The third-order valence-corrected chi connectivity index (χ3v) is 20.7. The number of hydrogen-bond donors (Lipinski definition) is 6. The van der Waals surface area contributed by atoms with Crippen LogP contribution < -0.4 is 30.2 Å². The Bertz CT molecular complexity index is 5200. The second-order valence-electron chi connectivity index (χ2n) is 29.0. The van der Waals surface area contributed by atoms with Gasteiger partial charge in [0.2, 0.25) is 17.8 Å². The van der Waals surface area contributed by atoms with Gasteiger partial charge in [-0.1, -0.05) is 12.8 Å². The number of nitrogens with one attached hydrogen (secondary N) is 6. The minimum atomic E-state index is 0.0423. The number of ether oxygens (including phenoxy) is 3. The number of aromatic amines is 3. The first-order valence-corrected chi connectivity index (χ1v) is 37.8. The van der Waals surface area contributed by atoms with Crippen molar-refractivity contribution in [1.82, 2.24) is 89.2 Å². The van der Waals surface area contributed by atoms with Crippen LogP contribution in [0.5, 0.6) is 17.2 Å². The van der Waals surface area contributed by atoms with E-state index in [1.807, 2.05) is 142 Å². The summed E-state index contributed by atoms with van der Waals surface area (Å²) in [7, 11) is 6.24. The van der Waals surface area contributed by atoms with Crippen molar-refractivity contribution in [3.63, 3.8) is 0 Å². The van der Waals surface area contributed by atoms with Crippen molar-refractivity contribution in [2.45, 2.75) is 57.5 Å². The maximum Gasteiger partial charge on any atom is 0.270 e. The third kappa shape index (κ3) is 18.2. The van der Waals surface area contributed by atoms with Gasteiger partial charge < -0.3 is 74.5 Å². The number of amides is 3. The van der Waals surface area contributed by atoms with E-state index in [-0.39, 0.29) is 17.7 Å². The fraction of sp³-hybridized carbons (Fsp3) is 0.341. The van der Waals surface area contributed by atoms with E-state index in [0.29, 0.717) is 64.0 Å². The van der Waals surface area contributed by atoms with Gasteiger partial charge in [-0.3, -0.25) is 29.3 Å². The standard InChI is InChI=1S/C28H31N7O2.2C27H29N7O2/c1-34-11-13-35(14-12-34)27(36)26-17-20-16-21(4-5-23(20)32-26)31-28-30-10-7-24(33-28)25-18-22(6-9-29-25)37-15-8-19-2-3-19;1-33-10-12-34(13-11-33)26(35)25-15-19-14-20(4-5-22(19)31-25)30-27-29-9-7-23(32-27)24-16-21(6-8-28-24)36-17-18-2-3-18;1-33-11-13-34(14-12-33)26(35)25-16-18-15-19(5-6-22(18)31-25)30-27-29-10-8-23(32-27)24-17-21(7-9-28-24)36-20-3-2-4-20/h4-7,9-10,16-19,32H,2-3,8,11-15H2,1H3,(H,30,31,33);4-9,14-16,18,31H,2-3,10-13,17H2,1H3,(H,29,30,32);5-10,15-17,20,31H,2-4,11-14H2,1H3,(H,29,30,32). The van der Waals surface area contributed by atoms with Crippen molar-refractivity contribution in [2.75, 3.05) is 129 Å². The molecule has 18 rings (SSSR count). The first-order chi connectivity index (χ1) is 53.3. The van der Waals surface area contributed by atoms with Gasteiger partial charge in [-0.15, -0.1) is 0 Å². The lowest BCUT2D eigenvalue weighted by Crippen LogP contribution is -2.47. The molecule has 6 aliphatic rings. The zero-order valence-electron chi connectivity index (χ0n) is 61.5. The predicted molar refractivity (Wildman–Crippen MR) is 420 cm³/mol. The van der Waals surface area contributed by atoms with Gasteiger partial charge in [0.1, 0.15) is 34.3 Å². The number of hydrogen-bond acceptors (Lipinski definition) is 21. The summed E-state index contributed by atoms with van der Waals surface area (Å²) in [5.41, 5.74) is 11.5. The molecule has 12 heterocycles. The van der Waals surface area contributed by atoms with Gasteiger partial charge in [-0.2, -0.15) is 0 Å². The van der Waals surface area contributed by atoms with E-state index in [0.717, 1.165) is 201 Å². The lowest BCUT2D eigenvalue weighted by Gasteiger charge is -2.32. The largest absolute Gasteiger partial charge is 0.493 e. The molecule has 0 atom stereocenters. The van der Waals surface area contributed by atoms with Crippen LogP contribution in [0, 0.1) is 11.8 Å². The molecule has 0 bridgehead atoms. The quantitative estimate of drug-likeness (QED) is 0.0389. The fourth-order valence-corrected chi connectivity index (χ4v) is 13.4. The number of H-pyrrole nitrogens is 3. The number of rotatable bonds is 21. The van der Waals surface area contributed by atoms with Crippen molar-refractivity contribution in [1.29, 1.82) is 0 Å². The molecule has 3 amide bonds. The molecule has 6 N–H and O–H groups in total. The number of carbonyl (C=O) groups is 3. The molecule has 27 nitrogen and oxygen atoms in total. The summed E-state index contributed by atoms with van der Waals surface area (Å²) in [6.45, 7) is 11.3. The molecule has 3 aromatic carbocycles. The minimum absolute atomic E-state index is 0.0423. The van der Waals surface area contributed by atoms with Gasteiger partial charge in [0.05, 0.1) is 53.5 Å². The third-order valence-electron chi connectivity index (χ3n) is 20.7. The Morgan fingerprint density at radius 2 is 0.743 bits per heavy atom. The van der Waals surface area contributed by atoms with E-state index >= 15 is 0 Å². The van der Waals surface area contributed by atoms with E-state index < -0.39 is 0 Å². The smallest absolute Gasteiger partial charge is 0.270 e. The summed E-state index contributed by atoms with van der Waals surface area (Å²) in [6, 6.07) is 40.4. The maximum absolute atomic E-state index is 13.0. The number of carbonyl (C=O) groups excluding carboxylic acids is 3. The Kier molecular flexibility index (Phi) is 21.4. The molecule has 6 fully saturated rings. The summed E-state index contributed by atoms with van der Waals surface area (Å²) in [4.78, 5) is 102. The molecule has 3 saturated carbocycles. The molecule has 558 valence electrons. The lowest BCUT2D eigenvalue weighted by atomic mass is 9.96. The van der Waals surface area contributed by atoms with Gasteiger partial charge in [0, 0.05) is 184 Å². The van der Waals surface area contributed by atoms with Crippen LogP contribution in [-0.2, 0) is 0 Å². The summed E-state index contributed by atoms with van der Waals surface area (Å²) in [5.74, 6) is 5.51. The highest BCUT2D eigenvalue weighted by Crippen LogP contribution is 2.35. The van der Waals surface area contributed by atoms with Crippen LogP contribution in [0.1, 0.15) is 82.8 Å². The average molecular weight is 1460 g/mol. The zero-order chi connectivity index (χ0) is 74.2. The molecular weight excluding hydrogens is 1380 g/mol. The minimum Gasteiger partial charge on any atom is -0.493 e. The number of anilines is 6. The summed E-state index contributed by atoms with van der Waals surface area (Å²) < 4.78 is 17.8. The number of aromatic nitrogens is 12. The Balaban J connectivity index is 0.000000124. The van der Waals surface area contributed by atoms with Crippen LogP contribution in [0.25, 0.3) is 66.9 Å². The van der Waals surface area contributed by atoms with E-state index in [1.54, 1.807) is 37.2 Å². The molecule has 3 saturated heterocycles. The average Bonchev–Trinajstić information content (AvgIpc) is 1.81.